The van der Waals surface area contributed by atoms with Gasteiger partial charge in [0.1, 0.15) is 0 Å². The molecule has 1 aromatic rings. The van der Waals surface area contributed by atoms with E-state index in [1.165, 1.54) is 5.56 Å². The minimum Gasteiger partial charge on any atom is -0.374 e. The van der Waals surface area contributed by atoms with Gasteiger partial charge in [-0.2, -0.15) is 0 Å². The minimum absolute atomic E-state index is 0.0336. The third kappa shape index (κ3) is 2.61. The van der Waals surface area contributed by atoms with Gasteiger partial charge in [0.2, 0.25) is 0 Å². The molecule has 1 fully saturated rings. The predicted octanol–water partition coefficient (Wildman–Crippen LogP) is 4.15. The molecule has 0 aromatic heterocycles. The summed E-state index contributed by atoms with van der Waals surface area (Å²) in [6, 6.07) is 10.4. The average Bonchev–Trinajstić information content (AvgIpc) is 3.03. The zero-order valence-corrected chi connectivity index (χ0v) is 11.2. The first-order chi connectivity index (χ1) is 7.98. The van der Waals surface area contributed by atoms with Crippen molar-refractivity contribution in [2.24, 2.45) is 11.3 Å². The fourth-order valence-corrected chi connectivity index (χ4v) is 2.58. The molecule has 0 heterocycles. The molecule has 1 aromatic carbocycles. The predicted molar refractivity (Wildman–Crippen MR) is 72.8 cm³/mol. The van der Waals surface area contributed by atoms with Crippen LogP contribution in [-0.4, -0.2) is 12.7 Å². The summed E-state index contributed by atoms with van der Waals surface area (Å²) in [6.07, 6.45) is 5.55. The Morgan fingerprint density at radius 2 is 1.88 bits per heavy atom. The van der Waals surface area contributed by atoms with Crippen LogP contribution in [0.5, 0.6) is 0 Å². The second kappa shape index (κ2) is 4.30. The molecule has 0 aliphatic heterocycles. The number of benzene rings is 1. The second-order valence-electron chi connectivity index (χ2n) is 6.03. The van der Waals surface area contributed by atoms with Crippen LogP contribution < -0.4 is 0 Å². The maximum Gasteiger partial charge on any atom is 0.0900 e. The summed E-state index contributed by atoms with van der Waals surface area (Å²) < 4.78 is 5.72. The molecule has 1 saturated carbocycles. The van der Waals surface area contributed by atoms with Crippen LogP contribution in [0.4, 0.5) is 0 Å². The Balaban J connectivity index is 2.11. The van der Waals surface area contributed by atoms with Gasteiger partial charge in [-0.3, -0.25) is 0 Å². The van der Waals surface area contributed by atoms with Crippen molar-refractivity contribution in [1.29, 1.82) is 0 Å². The van der Waals surface area contributed by atoms with Gasteiger partial charge in [0.25, 0.3) is 0 Å². The van der Waals surface area contributed by atoms with Crippen molar-refractivity contribution in [3.8, 4) is 0 Å². The highest BCUT2D eigenvalue weighted by atomic mass is 16.5. The number of methoxy groups -OCH3 is 1. The summed E-state index contributed by atoms with van der Waals surface area (Å²) in [4.78, 5) is 0. The zero-order chi connectivity index (χ0) is 12.5. The van der Waals surface area contributed by atoms with Crippen molar-refractivity contribution in [2.45, 2.75) is 32.8 Å². The summed E-state index contributed by atoms with van der Waals surface area (Å²) in [6.45, 7) is 6.86. The third-order valence-corrected chi connectivity index (χ3v) is 3.74. The lowest BCUT2D eigenvalue weighted by Gasteiger charge is -2.22. The zero-order valence-electron chi connectivity index (χ0n) is 11.2. The molecule has 0 radical (unpaired) electrons. The maximum absolute atomic E-state index is 5.72. The van der Waals surface area contributed by atoms with Crippen LogP contribution >= 0.6 is 0 Å². The van der Waals surface area contributed by atoms with E-state index in [-0.39, 0.29) is 5.60 Å². The highest BCUT2D eigenvalue weighted by molar-refractivity contribution is 5.51. The Morgan fingerprint density at radius 1 is 1.24 bits per heavy atom. The maximum atomic E-state index is 5.72. The number of hydrogen-bond acceptors (Lipinski definition) is 1. The Labute approximate surface area is 104 Å². The molecule has 2 rings (SSSR count). The molecular weight excluding hydrogens is 208 g/mol. The van der Waals surface area contributed by atoms with Gasteiger partial charge in [-0.1, -0.05) is 63.3 Å². The number of hydrogen-bond donors (Lipinski definition) is 0. The first kappa shape index (κ1) is 12.4. The molecule has 1 nitrogen and oxygen atoms in total. The van der Waals surface area contributed by atoms with Gasteiger partial charge in [0.05, 0.1) is 5.60 Å². The van der Waals surface area contributed by atoms with Crippen LogP contribution in [0.2, 0.25) is 0 Å². The molecule has 0 N–H and O–H groups in total. The first-order valence-corrected chi connectivity index (χ1v) is 6.27. The monoisotopic (exact) mass is 230 g/mol. The van der Waals surface area contributed by atoms with Crippen molar-refractivity contribution < 1.29 is 4.74 Å². The molecule has 2 atom stereocenters. The highest BCUT2D eigenvalue weighted by Crippen LogP contribution is 2.57. The molecule has 17 heavy (non-hydrogen) atoms. The molecule has 1 aliphatic rings. The molecule has 0 amide bonds. The van der Waals surface area contributed by atoms with E-state index in [4.69, 9.17) is 4.74 Å². The normalized spacial score (nSPS) is 28.6. The summed E-state index contributed by atoms with van der Waals surface area (Å²) in [5.74, 6) is 0.625. The van der Waals surface area contributed by atoms with E-state index in [2.05, 4.69) is 57.2 Å². The van der Waals surface area contributed by atoms with Crippen molar-refractivity contribution in [1.82, 2.24) is 0 Å². The lowest BCUT2D eigenvalue weighted by atomic mass is 9.88. The van der Waals surface area contributed by atoms with Crippen LogP contribution in [0.25, 0.3) is 6.08 Å². The van der Waals surface area contributed by atoms with Crippen molar-refractivity contribution in [2.75, 3.05) is 7.11 Å². The molecule has 92 valence electrons. The molecule has 0 bridgehead atoms. The van der Waals surface area contributed by atoms with E-state index in [1.54, 1.807) is 0 Å². The third-order valence-electron chi connectivity index (χ3n) is 3.74. The van der Waals surface area contributed by atoms with Gasteiger partial charge < -0.3 is 4.74 Å². The molecule has 1 heteroatoms. The van der Waals surface area contributed by atoms with E-state index >= 15 is 0 Å². The van der Waals surface area contributed by atoms with Crippen LogP contribution in [-0.2, 0) is 4.74 Å². The molecule has 0 unspecified atom stereocenters. The summed E-state index contributed by atoms with van der Waals surface area (Å²) >= 11 is 0. The molecule has 0 saturated heterocycles. The first-order valence-electron chi connectivity index (χ1n) is 6.27. The number of rotatable bonds is 3. The second-order valence-corrected chi connectivity index (χ2v) is 6.03. The van der Waals surface area contributed by atoms with Crippen LogP contribution in [0.1, 0.15) is 32.8 Å². The lowest BCUT2D eigenvalue weighted by molar-refractivity contribution is 0.0852. The molecule has 0 spiro atoms. The summed E-state index contributed by atoms with van der Waals surface area (Å²) in [5, 5.41) is 0. The standard InChI is InChI=1S/C16H22O/c1-15(2,3)14-12-16(14,17-4)11-10-13-8-6-5-7-9-13/h5-11,14H,12H2,1-4H3/b11-10+/t14-,16-/m0/s1. The van der Waals surface area contributed by atoms with E-state index < -0.39 is 0 Å². The fraction of sp³-hybridized carbons (Fsp3) is 0.500. The van der Waals surface area contributed by atoms with E-state index in [0.717, 1.165) is 6.42 Å². The average molecular weight is 230 g/mol. The molecule has 1 aliphatic carbocycles. The summed E-state index contributed by atoms with van der Waals surface area (Å²) in [7, 11) is 1.82. The van der Waals surface area contributed by atoms with Gasteiger partial charge in [-0.25, -0.2) is 0 Å². The van der Waals surface area contributed by atoms with Crippen molar-refractivity contribution >= 4 is 6.08 Å². The van der Waals surface area contributed by atoms with Gasteiger partial charge in [-0.05, 0) is 23.3 Å². The smallest absolute Gasteiger partial charge is 0.0900 e. The molecular formula is C16H22O. The summed E-state index contributed by atoms with van der Waals surface area (Å²) in [5.41, 5.74) is 1.52. The van der Waals surface area contributed by atoms with Crippen molar-refractivity contribution in [3.63, 3.8) is 0 Å². The van der Waals surface area contributed by atoms with E-state index in [9.17, 15) is 0 Å². The van der Waals surface area contributed by atoms with Gasteiger partial charge in [0.15, 0.2) is 0 Å². The van der Waals surface area contributed by atoms with Gasteiger partial charge >= 0.3 is 0 Å². The van der Waals surface area contributed by atoms with Crippen LogP contribution in [0.15, 0.2) is 36.4 Å². The van der Waals surface area contributed by atoms with E-state index in [1.807, 2.05) is 13.2 Å². The number of ether oxygens (including phenoxy) is 1. The van der Waals surface area contributed by atoms with Crippen LogP contribution in [0.3, 0.4) is 0 Å². The van der Waals surface area contributed by atoms with Gasteiger partial charge in [0, 0.05) is 7.11 Å². The Kier molecular flexibility index (Phi) is 3.13. The topological polar surface area (TPSA) is 9.23 Å². The fourth-order valence-electron chi connectivity index (χ4n) is 2.58. The van der Waals surface area contributed by atoms with Gasteiger partial charge in [-0.15, -0.1) is 0 Å². The lowest BCUT2D eigenvalue weighted by Crippen LogP contribution is -2.20. The highest BCUT2D eigenvalue weighted by Gasteiger charge is 2.58. The Hall–Kier alpha value is -1.08. The largest absolute Gasteiger partial charge is 0.374 e. The Bertz CT molecular complexity index is 399. The Morgan fingerprint density at radius 3 is 2.35 bits per heavy atom. The van der Waals surface area contributed by atoms with Crippen molar-refractivity contribution in [3.05, 3.63) is 42.0 Å². The minimum atomic E-state index is -0.0336. The van der Waals surface area contributed by atoms with Crippen LogP contribution in [0, 0.1) is 11.3 Å². The van der Waals surface area contributed by atoms with E-state index in [0.29, 0.717) is 11.3 Å². The SMILES string of the molecule is CO[C@@]1(/C=C/c2ccccc2)C[C@H]1C(C)(C)C. The quantitative estimate of drug-likeness (QED) is 0.758.